The first-order valence-corrected chi connectivity index (χ1v) is 6.06. The van der Waals surface area contributed by atoms with Crippen molar-refractivity contribution >= 4 is 17.9 Å². The highest BCUT2D eigenvalue weighted by molar-refractivity contribution is 5.88. The van der Waals surface area contributed by atoms with Gasteiger partial charge >= 0.3 is 12.0 Å². The Morgan fingerprint density at radius 1 is 1.44 bits per heavy atom. The van der Waals surface area contributed by atoms with E-state index in [0.717, 1.165) is 12.8 Å². The highest BCUT2D eigenvalue weighted by atomic mass is 16.4. The molecule has 1 saturated heterocycles. The summed E-state index contributed by atoms with van der Waals surface area (Å²) >= 11 is 0. The Morgan fingerprint density at radius 2 is 2.11 bits per heavy atom. The number of hydrogen-bond acceptors (Lipinski definition) is 3. The van der Waals surface area contributed by atoms with E-state index >= 15 is 0 Å². The summed E-state index contributed by atoms with van der Waals surface area (Å²) in [6.45, 7) is 2.09. The predicted octanol–water partition coefficient (Wildman–Crippen LogP) is -0.101. The number of aliphatic carboxylic acids is 1. The van der Waals surface area contributed by atoms with Crippen LogP contribution < -0.4 is 11.1 Å². The van der Waals surface area contributed by atoms with E-state index in [0.29, 0.717) is 13.0 Å². The summed E-state index contributed by atoms with van der Waals surface area (Å²) in [5.41, 5.74) is 5.24. The summed E-state index contributed by atoms with van der Waals surface area (Å²) in [5.74, 6) is -1.63. The normalized spacial score (nSPS) is 21.2. The molecule has 1 heterocycles. The van der Waals surface area contributed by atoms with Gasteiger partial charge in [-0.25, -0.2) is 9.59 Å². The van der Waals surface area contributed by atoms with Crippen LogP contribution in [0, 0.1) is 0 Å². The first-order chi connectivity index (χ1) is 8.47. The molecule has 0 saturated carbocycles. The number of urea groups is 1. The highest BCUT2D eigenvalue weighted by Gasteiger charge is 2.32. The molecule has 3 amide bonds. The van der Waals surface area contributed by atoms with E-state index in [2.05, 4.69) is 5.32 Å². The smallest absolute Gasteiger partial charge is 0.326 e. The van der Waals surface area contributed by atoms with Gasteiger partial charge in [0, 0.05) is 6.54 Å². The van der Waals surface area contributed by atoms with Gasteiger partial charge < -0.3 is 21.1 Å². The van der Waals surface area contributed by atoms with E-state index in [1.54, 1.807) is 6.92 Å². The van der Waals surface area contributed by atoms with Gasteiger partial charge in [0.2, 0.25) is 5.91 Å². The molecule has 4 N–H and O–H groups in total. The SMILES string of the molecule is CC[C@@H](NC(=O)N1CCCCC1C(N)=O)C(=O)O. The molecule has 7 heteroatoms. The lowest BCUT2D eigenvalue weighted by molar-refractivity contribution is -0.139. The largest absolute Gasteiger partial charge is 0.480 e. The standard InChI is InChI=1S/C11H19N3O4/c1-2-7(10(16)17)13-11(18)14-6-4-3-5-8(14)9(12)15/h7-8H,2-6H2,1H3,(H2,12,15)(H,13,18)(H,16,17)/t7-,8?/m1/s1. The number of amides is 3. The second-order valence-corrected chi connectivity index (χ2v) is 4.36. The maximum atomic E-state index is 11.9. The minimum atomic E-state index is -1.08. The van der Waals surface area contributed by atoms with Crippen molar-refractivity contribution in [1.29, 1.82) is 0 Å². The topological polar surface area (TPSA) is 113 Å². The Morgan fingerprint density at radius 3 is 2.61 bits per heavy atom. The summed E-state index contributed by atoms with van der Waals surface area (Å²) < 4.78 is 0. The lowest BCUT2D eigenvalue weighted by atomic mass is 10.0. The van der Waals surface area contributed by atoms with Crippen LogP contribution in [0.5, 0.6) is 0 Å². The molecule has 1 aliphatic heterocycles. The molecule has 0 aromatic heterocycles. The number of nitrogens with zero attached hydrogens (tertiary/aromatic N) is 1. The number of nitrogens with two attached hydrogens (primary N) is 1. The fraction of sp³-hybridized carbons (Fsp3) is 0.727. The summed E-state index contributed by atoms with van der Waals surface area (Å²) in [4.78, 5) is 35.3. The fourth-order valence-corrected chi connectivity index (χ4v) is 2.04. The van der Waals surface area contributed by atoms with Crippen molar-refractivity contribution in [2.75, 3.05) is 6.54 Å². The first kappa shape index (κ1) is 14.3. The van der Waals surface area contributed by atoms with E-state index in [1.807, 2.05) is 0 Å². The van der Waals surface area contributed by atoms with Crippen molar-refractivity contribution in [2.45, 2.75) is 44.7 Å². The molecule has 2 atom stereocenters. The fourth-order valence-electron chi connectivity index (χ4n) is 2.04. The lowest BCUT2D eigenvalue weighted by Crippen LogP contribution is -2.56. The summed E-state index contributed by atoms with van der Waals surface area (Å²) in [6.07, 6.45) is 2.46. The molecule has 102 valence electrons. The molecule has 18 heavy (non-hydrogen) atoms. The van der Waals surface area contributed by atoms with Gasteiger partial charge in [0.1, 0.15) is 12.1 Å². The molecule has 0 aromatic rings. The molecule has 1 unspecified atom stereocenters. The number of carbonyl (C=O) groups is 3. The van der Waals surface area contributed by atoms with Gasteiger partial charge in [-0.15, -0.1) is 0 Å². The maximum Gasteiger partial charge on any atom is 0.326 e. The predicted molar refractivity (Wildman–Crippen MR) is 63.8 cm³/mol. The van der Waals surface area contributed by atoms with E-state index in [1.165, 1.54) is 4.90 Å². The Balaban J connectivity index is 2.68. The average Bonchev–Trinajstić information content (AvgIpc) is 2.35. The minimum absolute atomic E-state index is 0.288. The van der Waals surface area contributed by atoms with Gasteiger partial charge in [-0.05, 0) is 25.7 Å². The molecular formula is C11H19N3O4. The molecule has 0 bridgehead atoms. The molecule has 1 aliphatic rings. The lowest BCUT2D eigenvalue weighted by Gasteiger charge is -2.34. The molecule has 0 aromatic carbocycles. The van der Waals surface area contributed by atoms with Crippen LogP contribution in [0.3, 0.4) is 0 Å². The van der Waals surface area contributed by atoms with E-state index in [4.69, 9.17) is 10.8 Å². The number of likely N-dealkylation sites (tertiary alicyclic amines) is 1. The number of nitrogens with one attached hydrogen (secondary N) is 1. The zero-order valence-corrected chi connectivity index (χ0v) is 10.4. The average molecular weight is 257 g/mol. The number of carboxylic acid groups (broad SMARTS) is 1. The van der Waals surface area contributed by atoms with E-state index in [-0.39, 0.29) is 6.42 Å². The number of rotatable bonds is 4. The van der Waals surface area contributed by atoms with Crippen LogP contribution in [0.4, 0.5) is 4.79 Å². The van der Waals surface area contributed by atoms with Crippen molar-refractivity contribution in [1.82, 2.24) is 10.2 Å². The zero-order valence-electron chi connectivity index (χ0n) is 10.4. The monoisotopic (exact) mass is 257 g/mol. The van der Waals surface area contributed by atoms with Crippen molar-refractivity contribution < 1.29 is 19.5 Å². The molecular weight excluding hydrogens is 238 g/mol. The maximum absolute atomic E-state index is 11.9. The number of piperidine rings is 1. The molecule has 0 radical (unpaired) electrons. The molecule has 1 fully saturated rings. The van der Waals surface area contributed by atoms with Crippen LogP contribution in [0.1, 0.15) is 32.6 Å². The van der Waals surface area contributed by atoms with Crippen molar-refractivity contribution in [3.63, 3.8) is 0 Å². The van der Waals surface area contributed by atoms with Crippen LogP contribution in [-0.4, -0.2) is 46.5 Å². The second kappa shape index (κ2) is 6.23. The summed E-state index contributed by atoms with van der Waals surface area (Å²) in [7, 11) is 0. The Kier molecular flexibility index (Phi) is 4.94. The van der Waals surface area contributed by atoms with Gasteiger partial charge in [0.15, 0.2) is 0 Å². The quantitative estimate of drug-likeness (QED) is 0.652. The number of hydrogen-bond donors (Lipinski definition) is 3. The number of carbonyl (C=O) groups excluding carboxylic acids is 2. The molecule has 7 nitrogen and oxygen atoms in total. The Labute approximate surface area is 105 Å². The Hall–Kier alpha value is -1.79. The van der Waals surface area contributed by atoms with Crippen molar-refractivity contribution in [3.8, 4) is 0 Å². The number of primary amides is 1. The van der Waals surface area contributed by atoms with Crippen LogP contribution in [0.25, 0.3) is 0 Å². The second-order valence-electron chi connectivity index (χ2n) is 4.36. The Bertz CT molecular complexity index is 345. The van der Waals surface area contributed by atoms with Crippen LogP contribution in [0.15, 0.2) is 0 Å². The van der Waals surface area contributed by atoms with Crippen LogP contribution >= 0.6 is 0 Å². The van der Waals surface area contributed by atoms with Crippen molar-refractivity contribution in [3.05, 3.63) is 0 Å². The molecule has 1 rings (SSSR count). The van der Waals surface area contributed by atoms with Gasteiger partial charge in [0.25, 0.3) is 0 Å². The highest BCUT2D eigenvalue weighted by Crippen LogP contribution is 2.16. The van der Waals surface area contributed by atoms with Crippen LogP contribution in [0.2, 0.25) is 0 Å². The molecule has 0 aliphatic carbocycles. The zero-order chi connectivity index (χ0) is 13.7. The first-order valence-electron chi connectivity index (χ1n) is 6.06. The van der Waals surface area contributed by atoms with Gasteiger partial charge in [0.05, 0.1) is 0 Å². The van der Waals surface area contributed by atoms with Crippen molar-refractivity contribution in [2.24, 2.45) is 5.73 Å². The van der Waals surface area contributed by atoms with Gasteiger partial charge in [-0.3, -0.25) is 4.79 Å². The molecule has 0 spiro atoms. The van der Waals surface area contributed by atoms with E-state index < -0.39 is 30.0 Å². The van der Waals surface area contributed by atoms with Crippen LogP contribution in [-0.2, 0) is 9.59 Å². The summed E-state index contributed by atoms with van der Waals surface area (Å²) in [5, 5.41) is 11.3. The van der Waals surface area contributed by atoms with Gasteiger partial charge in [-0.2, -0.15) is 0 Å². The van der Waals surface area contributed by atoms with E-state index in [9.17, 15) is 14.4 Å². The third-order valence-corrected chi connectivity index (χ3v) is 3.10. The summed E-state index contributed by atoms with van der Waals surface area (Å²) in [6, 6.07) is -2.11. The third kappa shape index (κ3) is 3.35. The third-order valence-electron chi connectivity index (χ3n) is 3.10. The number of carboxylic acids is 1. The van der Waals surface area contributed by atoms with Gasteiger partial charge in [-0.1, -0.05) is 6.92 Å². The minimum Gasteiger partial charge on any atom is -0.480 e.